The zero-order chi connectivity index (χ0) is 25.0. The van der Waals surface area contributed by atoms with Crippen molar-refractivity contribution < 1.29 is 23.7 Å². The number of benzene rings is 2. The van der Waals surface area contributed by atoms with Crippen molar-refractivity contribution in [2.75, 3.05) is 20.8 Å². The maximum Gasteiger partial charge on any atom is 0.278 e. The molecule has 9 nitrogen and oxygen atoms in total. The maximum atomic E-state index is 12.2. The molecule has 0 unspecified atom stereocenters. The molecule has 0 saturated carbocycles. The largest absolute Gasteiger partial charge is 0.493 e. The lowest BCUT2D eigenvalue weighted by molar-refractivity contribution is -0.123. The SMILES string of the molecule is COCc1cc(C)nc(OCC(=O)N/N=C\c2ccc(OCc3ccccc3)c(OC)c2)c1C#N. The van der Waals surface area contributed by atoms with E-state index in [-0.39, 0.29) is 24.7 Å². The van der Waals surface area contributed by atoms with Crippen molar-refractivity contribution in [3.8, 4) is 23.4 Å². The van der Waals surface area contributed by atoms with Gasteiger partial charge in [0.1, 0.15) is 18.2 Å². The van der Waals surface area contributed by atoms with E-state index < -0.39 is 5.91 Å². The van der Waals surface area contributed by atoms with E-state index in [9.17, 15) is 10.1 Å². The number of carbonyl (C=O) groups excluding carboxylic acids is 1. The Morgan fingerprint density at radius 2 is 1.89 bits per heavy atom. The summed E-state index contributed by atoms with van der Waals surface area (Å²) < 4.78 is 21.8. The van der Waals surface area contributed by atoms with Crippen LogP contribution in [0.5, 0.6) is 17.4 Å². The van der Waals surface area contributed by atoms with Gasteiger partial charge in [0.05, 0.1) is 19.9 Å². The lowest BCUT2D eigenvalue weighted by atomic mass is 10.1. The summed E-state index contributed by atoms with van der Waals surface area (Å²) in [5.41, 5.74) is 5.65. The normalized spacial score (nSPS) is 10.6. The molecule has 0 spiro atoms. The minimum atomic E-state index is -0.503. The van der Waals surface area contributed by atoms with E-state index in [1.165, 1.54) is 13.3 Å². The first kappa shape index (κ1) is 25.2. The highest BCUT2D eigenvalue weighted by Gasteiger charge is 2.14. The second kappa shape index (κ2) is 12.7. The van der Waals surface area contributed by atoms with Crippen molar-refractivity contribution in [1.29, 1.82) is 5.26 Å². The first-order valence-electron chi connectivity index (χ1n) is 10.7. The van der Waals surface area contributed by atoms with Gasteiger partial charge < -0.3 is 18.9 Å². The second-order valence-corrected chi connectivity index (χ2v) is 7.41. The predicted molar refractivity (Wildman–Crippen MR) is 129 cm³/mol. The number of hydrogen-bond donors (Lipinski definition) is 1. The van der Waals surface area contributed by atoms with Gasteiger partial charge in [-0.3, -0.25) is 4.79 Å². The smallest absolute Gasteiger partial charge is 0.278 e. The molecule has 0 atom stereocenters. The van der Waals surface area contributed by atoms with E-state index in [4.69, 9.17) is 18.9 Å². The number of hydrogen-bond acceptors (Lipinski definition) is 8. The molecule has 180 valence electrons. The van der Waals surface area contributed by atoms with E-state index in [1.807, 2.05) is 36.4 Å². The standard InChI is InChI=1S/C26H26N4O5/c1-18-11-21(16-32-2)22(13-27)26(29-18)35-17-25(31)30-28-14-20-9-10-23(24(12-20)33-3)34-15-19-7-5-4-6-8-19/h4-12,14H,15-17H2,1-3H3,(H,30,31)/b28-14-. The third kappa shape index (κ3) is 7.28. The van der Waals surface area contributed by atoms with E-state index in [2.05, 4.69) is 15.5 Å². The summed E-state index contributed by atoms with van der Waals surface area (Å²) in [4.78, 5) is 16.4. The van der Waals surface area contributed by atoms with Gasteiger partial charge in [0.2, 0.25) is 5.88 Å². The zero-order valence-electron chi connectivity index (χ0n) is 19.8. The van der Waals surface area contributed by atoms with Crippen LogP contribution >= 0.6 is 0 Å². The fourth-order valence-corrected chi connectivity index (χ4v) is 3.17. The molecule has 0 radical (unpaired) electrons. The fraction of sp³-hybridized carbons (Fsp3) is 0.231. The summed E-state index contributed by atoms with van der Waals surface area (Å²) in [5, 5.41) is 13.4. The van der Waals surface area contributed by atoms with Crippen LogP contribution in [0.2, 0.25) is 0 Å². The predicted octanol–water partition coefficient (Wildman–Crippen LogP) is 3.52. The molecule has 1 N–H and O–H groups in total. The van der Waals surface area contributed by atoms with E-state index in [0.29, 0.717) is 34.9 Å². The number of ether oxygens (including phenoxy) is 4. The van der Waals surface area contributed by atoms with Crippen LogP contribution in [0.25, 0.3) is 0 Å². The van der Waals surface area contributed by atoms with Gasteiger partial charge in [0, 0.05) is 18.4 Å². The van der Waals surface area contributed by atoms with Gasteiger partial charge in [-0.15, -0.1) is 0 Å². The summed E-state index contributed by atoms with van der Waals surface area (Å²) in [5.74, 6) is 0.713. The Kier molecular flexibility index (Phi) is 9.16. The van der Waals surface area contributed by atoms with Crippen LogP contribution in [0.3, 0.4) is 0 Å². The topological polar surface area (TPSA) is 115 Å². The number of rotatable bonds is 11. The van der Waals surface area contributed by atoms with Crippen molar-refractivity contribution in [1.82, 2.24) is 10.4 Å². The van der Waals surface area contributed by atoms with Crippen LogP contribution < -0.4 is 19.6 Å². The lowest BCUT2D eigenvalue weighted by Crippen LogP contribution is -2.25. The quantitative estimate of drug-likeness (QED) is 0.334. The first-order chi connectivity index (χ1) is 17.0. The molecule has 9 heteroatoms. The molecular formula is C26H26N4O5. The number of aryl methyl sites for hydroxylation is 1. The molecule has 0 aliphatic rings. The van der Waals surface area contributed by atoms with E-state index in [1.54, 1.807) is 38.3 Å². The molecule has 0 aliphatic carbocycles. The number of nitrogens with zero attached hydrogens (tertiary/aromatic N) is 3. The van der Waals surface area contributed by atoms with E-state index >= 15 is 0 Å². The number of carbonyl (C=O) groups is 1. The molecule has 3 rings (SSSR count). The van der Waals surface area contributed by atoms with Crippen molar-refractivity contribution in [2.24, 2.45) is 5.10 Å². The molecule has 2 aromatic carbocycles. The Hall–Kier alpha value is -4.42. The Morgan fingerprint density at radius 3 is 2.60 bits per heavy atom. The highest BCUT2D eigenvalue weighted by molar-refractivity contribution is 5.83. The van der Waals surface area contributed by atoms with Gasteiger partial charge in [-0.25, -0.2) is 10.4 Å². The van der Waals surface area contributed by atoms with Gasteiger partial charge in [-0.1, -0.05) is 30.3 Å². The van der Waals surface area contributed by atoms with Gasteiger partial charge in [0.25, 0.3) is 5.91 Å². The fourth-order valence-electron chi connectivity index (χ4n) is 3.17. The summed E-state index contributed by atoms with van der Waals surface area (Å²) >= 11 is 0. The number of aromatic nitrogens is 1. The number of nitrogens with one attached hydrogen (secondary N) is 1. The van der Waals surface area contributed by atoms with Crippen LogP contribution in [0.4, 0.5) is 0 Å². The highest BCUT2D eigenvalue weighted by atomic mass is 16.5. The summed E-state index contributed by atoms with van der Waals surface area (Å²) in [7, 11) is 3.08. The molecule has 1 amide bonds. The molecule has 3 aromatic rings. The minimum absolute atomic E-state index is 0.0782. The van der Waals surface area contributed by atoms with Gasteiger partial charge >= 0.3 is 0 Å². The Labute approximate surface area is 203 Å². The number of nitriles is 1. The van der Waals surface area contributed by atoms with Crippen molar-refractivity contribution in [3.05, 3.63) is 82.5 Å². The monoisotopic (exact) mass is 474 g/mol. The van der Waals surface area contributed by atoms with Crippen LogP contribution in [-0.2, 0) is 22.7 Å². The zero-order valence-corrected chi connectivity index (χ0v) is 19.8. The third-order valence-electron chi connectivity index (χ3n) is 4.78. The highest BCUT2D eigenvalue weighted by Crippen LogP contribution is 2.28. The van der Waals surface area contributed by atoms with Crippen molar-refractivity contribution >= 4 is 12.1 Å². The molecule has 0 saturated heterocycles. The van der Waals surface area contributed by atoms with E-state index in [0.717, 1.165) is 5.56 Å². The molecule has 0 fully saturated rings. The number of amides is 1. The number of hydrazone groups is 1. The average Bonchev–Trinajstić information content (AvgIpc) is 2.87. The molecular weight excluding hydrogens is 448 g/mol. The van der Waals surface area contributed by atoms with Crippen LogP contribution in [0.1, 0.15) is 27.9 Å². The van der Waals surface area contributed by atoms with Crippen molar-refractivity contribution in [2.45, 2.75) is 20.1 Å². The Bertz CT molecular complexity index is 1220. The van der Waals surface area contributed by atoms with Gasteiger partial charge in [-0.2, -0.15) is 10.4 Å². The number of methoxy groups -OCH3 is 2. The van der Waals surface area contributed by atoms with Crippen LogP contribution in [-0.4, -0.2) is 37.9 Å². The van der Waals surface area contributed by atoms with Crippen LogP contribution in [0.15, 0.2) is 59.7 Å². The number of pyridine rings is 1. The Morgan fingerprint density at radius 1 is 1.09 bits per heavy atom. The van der Waals surface area contributed by atoms with Crippen molar-refractivity contribution in [3.63, 3.8) is 0 Å². The third-order valence-corrected chi connectivity index (χ3v) is 4.78. The average molecular weight is 475 g/mol. The molecule has 1 heterocycles. The molecule has 0 bridgehead atoms. The molecule has 1 aromatic heterocycles. The second-order valence-electron chi connectivity index (χ2n) is 7.41. The summed E-state index contributed by atoms with van der Waals surface area (Å²) in [6.45, 7) is 2.06. The first-order valence-corrected chi connectivity index (χ1v) is 10.7. The van der Waals surface area contributed by atoms with Crippen LogP contribution in [0, 0.1) is 18.3 Å². The summed E-state index contributed by atoms with van der Waals surface area (Å²) in [6.07, 6.45) is 1.48. The summed E-state index contributed by atoms with van der Waals surface area (Å²) in [6, 6.07) is 18.9. The van der Waals surface area contributed by atoms with Gasteiger partial charge in [0.15, 0.2) is 18.1 Å². The Balaban J connectivity index is 1.56. The lowest BCUT2D eigenvalue weighted by Gasteiger charge is -2.11. The molecule has 0 aliphatic heterocycles. The maximum absolute atomic E-state index is 12.2. The van der Waals surface area contributed by atoms with Gasteiger partial charge in [-0.05, 0) is 42.3 Å². The minimum Gasteiger partial charge on any atom is -0.493 e. The molecule has 35 heavy (non-hydrogen) atoms.